The molecule has 184 valence electrons. The molecule has 0 atom stereocenters. The summed E-state index contributed by atoms with van der Waals surface area (Å²) in [6.45, 7) is 9.23. The molecule has 1 nitrogen and oxygen atoms in total. The van der Waals surface area contributed by atoms with Gasteiger partial charge in [0.05, 0.1) is 6.72 Å². The van der Waals surface area contributed by atoms with Crippen molar-refractivity contribution in [1.82, 2.24) is 0 Å². The Morgan fingerprint density at radius 3 is 2.47 bits per heavy atom. The van der Waals surface area contributed by atoms with E-state index < -0.39 is 0 Å². The third kappa shape index (κ3) is 3.68. The van der Waals surface area contributed by atoms with Gasteiger partial charge in [0.15, 0.2) is 21.1 Å². The van der Waals surface area contributed by atoms with Crippen LogP contribution in [0.15, 0.2) is 109 Å². The minimum atomic E-state index is 0.583. The summed E-state index contributed by atoms with van der Waals surface area (Å²) in [4.78, 5) is 0. The Balaban J connectivity index is 1.54. The van der Waals surface area contributed by atoms with Crippen LogP contribution in [0.3, 0.4) is 0 Å². The van der Waals surface area contributed by atoms with Gasteiger partial charge in [0.2, 0.25) is 0 Å². The summed E-state index contributed by atoms with van der Waals surface area (Å²) in [7, 11) is 0. The van der Waals surface area contributed by atoms with Crippen molar-refractivity contribution in [2.75, 3.05) is 0 Å². The molecular weight excluding hydrogens is 478 g/mol. The Morgan fingerprint density at radius 2 is 1.63 bits per heavy atom. The van der Waals surface area contributed by atoms with Crippen LogP contribution in [0, 0.1) is 12.0 Å². The fraction of sp³-hybridized carbons (Fsp3) is 0.111. The van der Waals surface area contributed by atoms with Crippen molar-refractivity contribution in [3.8, 4) is 0 Å². The molecule has 0 spiro atoms. The van der Waals surface area contributed by atoms with Gasteiger partial charge in [-0.3, -0.25) is 0 Å². The lowest BCUT2D eigenvalue weighted by Gasteiger charge is -2.28. The SMILES string of the molecule is C=[N+]1c2ccc3ccccc3c2C(c2ccccc2)=C[C-]1c1cc(CC(C)C)cc2c1[s+][c-]1ccccc21. The van der Waals surface area contributed by atoms with Gasteiger partial charge < -0.3 is 0 Å². The van der Waals surface area contributed by atoms with E-state index in [9.17, 15) is 0 Å². The molecule has 0 fully saturated rings. The first-order valence-electron chi connectivity index (χ1n) is 13.3. The minimum Gasteiger partial charge on any atom is -0.248 e. The smallest absolute Gasteiger partial charge is 0.161 e. The second kappa shape index (κ2) is 9.01. The molecule has 7 rings (SSSR count). The van der Waals surface area contributed by atoms with E-state index in [1.165, 1.54) is 58.8 Å². The fourth-order valence-corrected chi connectivity index (χ4v) is 7.13. The van der Waals surface area contributed by atoms with Crippen LogP contribution < -0.4 is 0 Å². The monoisotopic (exact) mass is 507 g/mol. The molecule has 0 saturated carbocycles. The summed E-state index contributed by atoms with van der Waals surface area (Å²) in [6, 6.07) is 38.7. The summed E-state index contributed by atoms with van der Waals surface area (Å²) < 4.78 is 4.82. The van der Waals surface area contributed by atoms with E-state index in [1.807, 2.05) is 11.3 Å². The van der Waals surface area contributed by atoms with Crippen LogP contribution in [0.2, 0.25) is 0 Å². The predicted octanol–water partition coefficient (Wildman–Crippen LogP) is 9.78. The lowest BCUT2D eigenvalue weighted by atomic mass is 9.85. The molecule has 1 aliphatic rings. The van der Waals surface area contributed by atoms with Gasteiger partial charge in [-0.2, -0.15) is 0 Å². The third-order valence-electron chi connectivity index (χ3n) is 7.58. The molecule has 2 heterocycles. The van der Waals surface area contributed by atoms with Crippen molar-refractivity contribution in [3.63, 3.8) is 0 Å². The largest absolute Gasteiger partial charge is 0.248 e. The highest BCUT2D eigenvalue weighted by atomic mass is 32.1. The maximum absolute atomic E-state index is 4.64. The number of thiophene rings is 1. The normalized spacial score (nSPS) is 13.5. The molecular formula is C36H29NS. The number of fused-ring (bicyclic) bond motifs is 6. The molecule has 5 aromatic carbocycles. The summed E-state index contributed by atoms with van der Waals surface area (Å²) in [6.07, 6.45) is 3.42. The molecule has 0 N–H and O–H groups in total. The molecule has 0 aliphatic carbocycles. The summed E-state index contributed by atoms with van der Waals surface area (Å²) in [5, 5.41) is 5.19. The molecule has 0 saturated heterocycles. The average molecular weight is 508 g/mol. The highest BCUT2D eigenvalue weighted by Crippen LogP contribution is 2.47. The average Bonchev–Trinajstić information content (AvgIpc) is 3.32. The van der Waals surface area contributed by atoms with Crippen molar-refractivity contribution in [1.29, 1.82) is 0 Å². The van der Waals surface area contributed by atoms with E-state index in [4.69, 9.17) is 0 Å². The topological polar surface area (TPSA) is 3.01 Å². The van der Waals surface area contributed by atoms with Gasteiger partial charge in [0.1, 0.15) is 11.3 Å². The summed E-state index contributed by atoms with van der Waals surface area (Å²) >= 11 is 1.89. The summed E-state index contributed by atoms with van der Waals surface area (Å²) in [5.41, 5.74) is 7.51. The van der Waals surface area contributed by atoms with Gasteiger partial charge in [0, 0.05) is 11.1 Å². The highest BCUT2D eigenvalue weighted by Gasteiger charge is 2.31. The number of hydrogen-bond acceptors (Lipinski definition) is 0. The molecule has 2 heteroatoms. The Labute approximate surface area is 228 Å². The first-order valence-corrected chi connectivity index (χ1v) is 14.1. The summed E-state index contributed by atoms with van der Waals surface area (Å²) in [5.74, 6) is 0.583. The van der Waals surface area contributed by atoms with E-state index in [2.05, 4.69) is 134 Å². The zero-order valence-corrected chi connectivity index (χ0v) is 22.6. The number of hydrogen-bond donors (Lipinski definition) is 0. The van der Waals surface area contributed by atoms with E-state index >= 15 is 0 Å². The molecule has 0 amide bonds. The van der Waals surface area contributed by atoms with E-state index in [0.717, 1.165) is 18.2 Å². The number of benzene rings is 5. The Kier molecular flexibility index (Phi) is 5.45. The highest BCUT2D eigenvalue weighted by molar-refractivity contribution is 7.26. The van der Waals surface area contributed by atoms with Crippen molar-refractivity contribution < 1.29 is 4.58 Å². The van der Waals surface area contributed by atoms with E-state index in [1.54, 1.807) is 0 Å². The van der Waals surface area contributed by atoms with Crippen molar-refractivity contribution in [3.05, 3.63) is 137 Å². The molecule has 1 aromatic heterocycles. The van der Waals surface area contributed by atoms with Gasteiger partial charge in [-0.15, -0.1) is 18.2 Å². The second-order valence-electron chi connectivity index (χ2n) is 10.6. The Bertz CT molecular complexity index is 1890. The third-order valence-corrected chi connectivity index (χ3v) is 8.80. The van der Waals surface area contributed by atoms with Crippen LogP contribution in [-0.4, -0.2) is 11.3 Å². The maximum atomic E-state index is 4.64. The van der Waals surface area contributed by atoms with E-state index in [-0.39, 0.29) is 0 Å². The van der Waals surface area contributed by atoms with Crippen molar-refractivity contribution in [2.24, 2.45) is 5.92 Å². The molecule has 1 aliphatic heterocycles. The van der Waals surface area contributed by atoms with Gasteiger partial charge in [0.25, 0.3) is 0 Å². The van der Waals surface area contributed by atoms with Crippen molar-refractivity contribution in [2.45, 2.75) is 20.3 Å². The predicted molar refractivity (Wildman–Crippen MR) is 165 cm³/mol. The maximum Gasteiger partial charge on any atom is 0.161 e. The first kappa shape index (κ1) is 23.0. The van der Waals surface area contributed by atoms with Gasteiger partial charge in [-0.1, -0.05) is 109 Å². The molecule has 0 bridgehead atoms. The van der Waals surface area contributed by atoms with Crippen LogP contribution in [-0.2, 0) is 6.42 Å². The Morgan fingerprint density at radius 1 is 0.842 bits per heavy atom. The second-order valence-corrected chi connectivity index (χ2v) is 11.7. The first-order chi connectivity index (χ1) is 18.6. The van der Waals surface area contributed by atoms with Crippen LogP contribution in [0.4, 0.5) is 5.69 Å². The quantitative estimate of drug-likeness (QED) is 0.127. The Hall–Kier alpha value is -4.14. The zero-order chi connectivity index (χ0) is 25.8. The van der Waals surface area contributed by atoms with Gasteiger partial charge >= 0.3 is 0 Å². The standard InChI is InChI=1S/C36H29NS/c1-23(2)19-24-20-30-28-15-9-10-16-34(28)38-36(30)31(21-24)33-22-29(25-11-5-4-6-12-25)35-27-14-8-7-13-26(27)17-18-32(35)37(33)3/h4-18,20-23H,3,19H2,1-2H3. The molecule has 38 heavy (non-hydrogen) atoms. The molecule has 0 radical (unpaired) electrons. The fourth-order valence-electron chi connectivity index (χ4n) is 5.92. The molecule has 0 unspecified atom stereocenters. The minimum absolute atomic E-state index is 0.583. The lowest BCUT2D eigenvalue weighted by molar-refractivity contribution is -0.400. The number of rotatable bonds is 4. The lowest BCUT2D eigenvalue weighted by Crippen LogP contribution is -2.18. The number of nitrogens with zero attached hydrogens (tertiary/aromatic N) is 1. The molecule has 6 aromatic rings. The van der Waals surface area contributed by atoms with Crippen LogP contribution >= 0.6 is 11.3 Å². The zero-order valence-electron chi connectivity index (χ0n) is 21.7. The van der Waals surface area contributed by atoms with Gasteiger partial charge in [-0.05, 0) is 46.2 Å². The van der Waals surface area contributed by atoms with Gasteiger partial charge in [-0.25, -0.2) is 4.58 Å². The van der Waals surface area contributed by atoms with E-state index in [0.29, 0.717) is 5.92 Å². The van der Waals surface area contributed by atoms with Crippen LogP contribution in [0.1, 0.15) is 36.1 Å². The van der Waals surface area contributed by atoms with Crippen LogP contribution in [0.5, 0.6) is 0 Å². The van der Waals surface area contributed by atoms with Crippen molar-refractivity contribution >= 4 is 60.3 Å². The van der Waals surface area contributed by atoms with Crippen LogP contribution in [0.25, 0.3) is 36.5 Å².